The molecule has 0 radical (unpaired) electrons. The minimum Gasteiger partial charge on any atom is -0.302 e. The van der Waals surface area contributed by atoms with Crippen LogP contribution in [0.2, 0.25) is 0 Å². The van der Waals surface area contributed by atoms with Crippen molar-refractivity contribution in [1.29, 1.82) is 0 Å². The smallest absolute Gasteiger partial charge is 0.00504 e. The highest BCUT2D eigenvalue weighted by atomic mass is 15.1. The summed E-state index contributed by atoms with van der Waals surface area (Å²) in [5.74, 6) is 1.81. The van der Waals surface area contributed by atoms with Gasteiger partial charge in [-0.05, 0) is 56.6 Å². The molecule has 1 saturated carbocycles. The van der Waals surface area contributed by atoms with Crippen LogP contribution < -0.4 is 0 Å². The molecule has 2 aliphatic rings. The maximum atomic E-state index is 2.70. The lowest BCUT2D eigenvalue weighted by molar-refractivity contribution is 0.200. The third-order valence-corrected chi connectivity index (χ3v) is 4.27. The van der Waals surface area contributed by atoms with Crippen molar-refractivity contribution in [3.63, 3.8) is 0 Å². The van der Waals surface area contributed by atoms with E-state index < -0.39 is 0 Å². The van der Waals surface area contributed by atoms with E-state index in [9.17, 15) is 0 Å². The number of aryl methyl sites for hydroxylation is 1. The van der Waals surface area contributed by atoms with Crippen LogP contribution in [0.15, 0.2) is 24.3 Å². The predicted molar refractivity (Wildman–Crippen MR) is 72.3 cm³/mol. The fourth-order valence-corrected chi connectivity index (χ4v) is 3.00. The van der Waals surface area contributed by atoms with E-state index in [1.54, 1.807) is 5.56 Å². The Kier molecular flexibility index (Phi) is 3.19. The van der Waals surface area contributed by atoms with Crippen molar-refractivity contribution in [2.75, 3.05) is 19.6 Å². The number of nitrogens with zero attached hydrogens (tertiary/aromatic N) is 1. The van der Waals surface area contributed by atoms with Crippen LogP contribution in [0, 0.1) is 12.8 Å². The zero-order valence-corrected chi connectivity index (χ0v) is 10.9. The SMILES string of the molecule is Cc1ccc(C2CCCN(CC3CC3)C2)cc1. The number of likely N-dealkylation sites (tertiary alicyclic amines) is 1. The van der Waals surface area contributed by atoms with Crippen LogP contribution in [0.4, 0.5) is 0 Å². The van der Waals surface area contributed by atoms with Gasteiger partial charge in [-0.2, -0.15) is 0 Å². The molecular weight excluding hydrogens is 206 g/mol. The van der Waals surface area contributed by atoms with Crippen LogP contribution in [-0.4, -0.2) is 24.5 Å². The van der Waals surface area contributed by atoms with Crippen LogP contribution in [0.5, 0.6) is 0 Å². The van der Waals surface area contributed by atoms with E-state index in [2.05, 4.69) is 36.1 Å². The summed E-state index contributed by atoms with van der Waals surface area (Å²) in [5, 5.41) is 0. The van der Waals surface area contributed by atoms with Crippen molar-refractivity contribution in [3.05, 3.63) is 35.4 Å². The Labute approximate surface area is 105 Å². The molecule has 1 aromatic rings. The van der Waals surface area contributed by atoms with Crippen LogP contribution in [-0.2, 0) is 0 Å². The molecule has 1 saturated heterocycles. The Morgan fingerprint density at radius 3 is 2.59 bits per heavy atom. The third kappa shape index (κ3) is 2.90. The van der Waals surface area contributed by atoms with Crippen molar-refractivity contribution >= 4 is 0 Å². The number of piperidine rings is 1. The molecule has 0 bridgehead atoms. The molecule has 0 aromatic heterocycles. The lowest BCUT2D eigenvalue weighted by Crippen LogP contribution is -2.35. The van der Waals surface area contributed by atoms with Gasteiger partial charge >= 0.3 is 0 Å². The molecule has 1 nitrogen and oxygen atoms in total. The molecular formula is C16H23N. The molecule has 1 aliphatic carbocycles. The summed E-state index contributed by atoms with van der Waals surface area (Å²) in [6.07, 6.45) is 5.72. The quantitative estimate of drug-likeness (QED) is 0.765. The molecule has 3 rings (SSSR count). The van der Waals surface area contributed by atoms with Crippen LogP contribution in [0.1, 0.15) is 42.7 Å². The Balaban J connectivity index is 1.63. The van der Waals surface area contributed by atoms with Gasteiger partial charge in [-0.3, -0.25) is 0 Å². The van der Waals surface area contributed by atoms with Gasteiger partial charge < -0.3 is 4.90 Å². The summed E-state index contributed by atoms with van der Waals surface area (Å²) in [5.41, 5.74) is 2.93. The second kappa shape index (κ2) is 4.81. The van der Waals surface area contributed by atoms with Gasteiger partial charge in [0.15, 0.2) is 0 Å². The lowest BCUT2D eigenvalue weighted by Gasteiger charge is -2.33. The van der Waals surface area contributed by atoms with Crippen molar-refractivity contribution in [3.8, 4) is 0 Å². The van der Waals surface area contributed by atoms with E-state index >= 15 is 0 Å². The van der Waals surface area contributed by atoms with E-state index in [4.69, 9.17) is 0 Å². The third-order valence-electron chi connectivity index (χ3n) is 4.27. The first kappa shape index (κ1) is 11.3. The van der Waals surface area contributed by atoms with E-state index in [1.807, 2.05) is 0 Å². The molecule has 92 valence electrons. The summed E-state index contributed by atoms with van der Waals surface area (Å²) >= 11 is 0. The predicted octanol–water partition coefficient (Wildman–Crippen LogP) is 3.58. The van der Waals surface area contributed by atoms with E-state index in [0.29, 0.717) is 0 Å². The molecule has 1 unspecified atom stereocenters. The van der Waals surface area contributed by atoms with Crippen molar-refractivity contribution < 1.29 is 0 Å². The van der Waals surface area contributed by atoms with Gasteiger partial charge in [0.1, 0.15) is 0 Å². The van der Waals surface area contributed by atoms with Crippen molar-refractivity contribution in [1.82, 2.24) is 4.90 Å². The zero-order valence-electron chi connectivity index (χ0n) is 10.9. The topological polar surface area (TPSA) is 3.24 Å². The Bertz CT molecular complexity index is 364. The maximum absolute atomic E-state index is 2.70. The Morgan fingerprint density at radius 2 is 1.88 bits per heavy atom. The van der Waals surface area contributed by atoms with E-state index in [0.717, 1.165) is 11.8 Å². The summed E-state index contributed by atoms with van der Waals surface area (Å²) in [6.45, 7) is 6.16. The summed E-state index contributed by atoms with van der Waals surface area (Å²) in [7, 11) is 0. The Morgan fingerprint density at radius 1 is 1.12 bits per heavy atom. The van der Waals surface area contributed by atoms with Gasteiger partial charge in [-0.1, -0.05) is 29.8 Å². The average molecular weight is 229 g/mol. The number of rotatable bonds is 3. The monoisotopic (exact) mass is 229 g/mol. The Hall–Kier alpha value is -0.820. The molecule has 1 atom stereocenters. The van der Waals surface area contributed by atoms with E-state index in [1.165, 1.54) is 50.9 Å². The second-order valence-electron chi connectivity index (χ2n) is 5.95. The molecule has 0 amide bonds. The van der Waals surface area contributed by atoms with Gasteiger partial charge in [0.05, 0.1) is 0 Å². The van der Waals surface area contributed by atoms with Gasteiger partial charge in [0.25, 0.3) is 0 Å². The van der Waals surface area contributed by atoms with E-state index in [-0.39, 0.29) is 0 Å². The molecule has 1 aliphatic heterocycles. The second-order valence-corrected chi connectivity index (χ2v) is 5.95. The molecule has 0 N–H and O–H groups in total. The fraction of sp³-hybridized carbons (Fsp3) is 0.625. The van der Waals surface area contributed by atoms with Gasteiger partial charge in [0.2, 0.25) is 0 Å². The van der Waals surface area contributed by atoms with Crippen molar-refractivity contribution in [2.45, 2.75) is 38.5 Å². The van der Waals surface area contributed by atoms with Gasteiger partial charge in [-0.25, -0.2) is 0 Å². The molecule has 1 heterocycles. The molecule has 1 aromatic carbocycles. The normalized spacial score (nSPS) is 26.1. The summed E-state index contributed by atoms with van der Waals surface area (Å²) in [4.78, 5) is 2.70. The standard InChI is InChI=1S/C16H23N/c1-13-4-8-15(9-5-13)16-3-2-10-17(12-16)11-14-6-7-14/h4-5,8-9,14,16H,2-3,6-7,10-12H2,1H3. The van der Waals surface area contributed by atoms with Crippen molar-refractivity contribution in [2.24, 2.45) is 5.92 Å². The molecule has 1 heteroatoms. The lowest BCUT2D eigenvalue weighted by atomic mass is 9.90. The minimum absolute atomic E-state index is 0.781. The van der Waals surface area contributed by atoms with Crippen LogP contribution in [0.25, 0.3) is 0 Å². The number of benzene rings is 1. The van der Waals surface area contributed by atoms with Gasteiger partial charge in [0, 0.05) is 13.1 Å². The highest BCUT2D eigenvalue weighted by Gasteiger charge is 2.27. The van der Waals surface area contributed by atoms with Crippen LogP contribution >= 0.6 is 0 Å². The first-order chi connectivity index (χ1) is 8.31. The number of hydrogen-bond acceptors (Lipinski definition) is 1. The zero-order chi connectivity index (χ0) is 11.7. The fourth-order valence-electron chi connectivity index (χ4n) is 3.00. The molecule has 2 fully saturated rings. The van der Waals surface area contributed by atoms with Gasteiger partial charge in [-0.15, -0.1) is 0 Å². The minimum atomic E-state index is 0.781. The highest BCUT2D eigenvalue weighted by Crippen LogP contribution is 2.33. The largest absolute Gasteiger partial charge is 0.302 e. The molecule has 17 heavy (non-hydrogen) atoms. The highest BCUT2D eigenvalue weighted by molar-refractivity contribution is 5.25. The molecule has 0 spiro atoms. The first-order valence-electron chi connectivity index (χ1n) is 7.10. The summed E-state index contributed by atoms with van der Waals surface area (Å²) in [6, 6.07) is 9.19. The summed E-state index contributed by atoms with van der Waals surface area (Å²) < 4.78 is 0. The number of hydrogen-bond donors (Lipinski definition) is 0. The van der Waals surface area contributed by atoms with Crippen LogP contribution in [0.3, 0.4) is 0 Å². The maximum Gasteiger partial charge on any atom is 0.00504 e. The average Bonchev–Trinajstić information content (AvgIpc) is 3.14. The first-order valence-corrected chi connectivity index (χ1v) is 7.10.